The van der Waals surface area contributed by atoms with Crippen LogP contribution in [0, 0.1) is 11.5 Å². The van der Waals surface area contributed by atoms with Gasteiger partial charge in [0, 0.05) is 6.54 Å². The average molecular weight is 215 g/mol. The number of nitriles is 1. The third-order valence-electron chi connectivity index (χ3n) is 2.52. The van der Waals surface area contributed by atoms with Gasteiger partial charge < -0.3 is 9.64 Å². The summed E-state index contributed by atoms with van der Waals surface area (Å²) < 4.78 is 5.25. The summed E-state index contributed by atoms with van der Waals surface area (Å²) in [7, 11) is 0. The van der Waals surface area contributed by atoms with Gasteiger partial charge >= 0.3 is 6.02 Å². The molecule has 0 spiro atoms. The van der Waals surface area contributed by atoms with Gasteiger partial charge in [0.2, 0.25) is 6.19 Å². The summed E-state index contributed by atoms with van der Waals surface area (Å²) in [6.45, 7) is 2.27. The molecular formula is C12H13N3O. The van der Waals surface area contributed by atoms with E-state index in [2.05, 4.69) is 17.1 Å². The van der Waals surface area contributed by atoms with E-state index in [4.69, 9.17) is 10.00 Å². The number of ether oxygens (including phenoxy) is 1. The Balaban J connectivity index is 1.91. The molecule has 1 aromatic rings. The Hall–Kier alpha value is -2.02. The number of rotatable bonds is 3. The van der Waals surface area contributed by atoms with E-state index in [0.717, 1.165) is 19.5 Å². The van der Waals surface area contributed by atoms with Gasteiger partial charge in [0.25, 0.3) is 0 Å². The van der Waals surface area contributed by atoms with Crippen LogP contribution >= 0.6 is 0 Å². The molecular weight excluding hydrogens is 202 g/mol. The monoisotopic (exact) mass is 215 g/mol. The van der Waals surface area contributed by atoms with Crippen LogP contribution in [0.2, 0.25) is 0 Å². The van der Waals surface area contributed by atoms with Crippen LogP contribution in [0.3, 0.4) is 0 Å². The smallest absolute Gasteiger partial charge is 0.302 e. The van der Waals surface area contributed by atoms with Crippen LogP contribution in [-0.4, -0.2) is 30.6 Å². The molecule has 0 amide bonds. The summed E-state index contributed by atoms with van der Waals surface area (Å²) in [5.41, 5.74) is 1.28. The number of nitrogens with zero attached hydrogens (tertiary/aromatic N) is 3. The van der Waals surface area contributed by atoms with Gasteiger partial charge in [-0.05, 0) is 12.0 Å². The van der Waals surface area contributed by atoms with Crippen LogP contribution in [0.1, 0.15) is 5.56 Å². The van der Waals surface area contributed by atoms with Crippen molar-refractivity contribution in [1.29, 1.82) is 5.26 Å². The molecule has 2 rings (SSSR count). The second-order valence-corrected chi connectivity index (χ2v) is 3.57. The first-order valence-electron chi connectivity index (χ1n) is 5.28. The van der Waals surface area contributed by atoms with E-state index in [9.17, 15) is 0 Å². The van der Waals surface area contributed by atoms with Gasteiger partial charge in [-0.2, -0.15) is 5.26 Å². The van der Waals surface area contributed by atoms with Crippen molar-refractivity contribution in [2.24, 2.45) is 4.99 Å². The first-order valence-corrected chi connectivity index (χ1v) is 5.28. The van der Waals surface area contributed by atoms with Gasteiger partial charge in [0.05, 0.1) is 6.54 Å². The second-order valence-electron chi connectivity index (χ2n) is 3.57. The molecule has 1 aliphatic rings. The Bertz CT molecular complexity index is 408. The first kappa shape index (κ1) is 10.5. The predicted molar refractivity (Wildman–Crippen MR) is 60.7 cm³/mol. The molecule has 1 aliphatic heterocycles. The fourth-order valence-electron chi connectivity index (χ4n) is 1.70. The largest absolute Gasteiger partial charge is 0.463 e. The van der Waals surface area contributed by atoms with E-state index >= 15 is 0 Å². The van der Waals surface area contributed by atoms with E-state index in [-0.39, 0.29) is 0 Å². The van der Waals surface area contributed by atoms with Crippen molar-refractivity contribution in [2.75, 3.05) is 19.7 Å². The fourth-order valence-corrected chi connectivity index (χ4v) is 1.70. The molecule has 1 saturated heterocycles. The Morgan fingerprint density at radius 2 is 2.19 bits per heavy atom. The maximum atomic E-state index is 8.49. The normalized spacial score (nSPS) is 17.2. The zero-order chi connectivity index (χ0) is 11.2. The molecule has 1 aromatic carbocycles. The van der Waals surface area contributed by atoms with Gasteiger partial charge in [0.15, 0.2) is 0 Å². The Morgan fingerprint density at radius 3 is 2.94 bits per heavy atom. The quantitative estimate of drug-likeness (QED) is 0.716. The molecule has 82 valence electrons. The maximum absolute atomic E-state index is 8.49. The fraction of sp³-hybridized carbons (Fsp3) is 0.333. The third kappa shape index (κ3) is 2.51. The van der Waals surface area contributed by atoms with E-state index in [1.165, 1.54) is 5.56 Å². The highest BCUT2D eigenvalue weighted by Crippen LogP contribution is 2.07. The van der Waals surface area contributed by atoms with Crippen LogP contribution < -0.4 is 0 Å². The molecule has 0 unspecified atom stereocenters. The molecule has 0 aliphatic carbocycles. The summed E-state index contributed by atoms with van der Waals surface area (Å²) in [5.74, 6) is 0. The van der Waals surface area contributed by atoms with Gasteiger partial charge in [-0.1, -0.05) is 30.3 Å². The van der Waals surface area contributed by atoms with Crippen molar-refractivity contribution < 1.29 is 4.74 Å². The van der Waals surface area contributed by atoms with Crippen LogP contribution in [0.25, 0.3) is 0 Å². The van der Waals surface area contributed by atoms with E-state index in [0.29, 0.717) is 12.6 Å². The molecule has 0 bridgehead atoms. The summed E-state index contributed by atoms with van der Waals surface area (Å²) in [5, 5.41) is 8.49. The zero-order valence-corrected chi connectivity index (χ0v) is 8.97. The molecule has 0 atom stereocenters. The summed E-state index contributed by atoms with van der Waals surface area (Å²) in [4.78, 5) is 5.64. The highest BCUT2D eigenvalue weighted by molar-refractivity contribution is 5.76. The zero-order valence-electron chi connectivity index (χ0n) is 8.97. The third-order valence-corrected chi connectivity index (χ3v) is 2.52. The second kappa shape index (κ2) is 5.17. The lowest BCUT2D eigenvalue weighted by molar-refractivity contribution is 0.352. The van der Waals surface area contributed by atoms with Crippen LogP contribution in [0.15, 0.2) is 35.3 Å². The number of benzene rings is 1. The lowest BCUT2D eigenvalue weighted by Gasteiger charge is -2.14. The van der Waals surface area contributed by atoms with Crippen LogP contribution in [0.4, 0.5) is 0 Å². The van der Waals surface area contributed by atoms with Crippen LogP contribution in [-0.2, 0) is 11.2 Å². The summed E-state index contributed by atoms with van der Waals surface area (Å²) >= 11 is 0. The maximum Gasteiger partial charge on any atom is 0.302 e. The van der Waals surface area contributed by atoms with Crippen LogP contribution in [0.5, 0.6) is 0 Å². The van der Waals surface area contributed by atoms with E-state index in [1.807, 2.05) is 23.1 Å². The minimum atomic E-state index is 0.457. The van der Waals surface area contributed by atoms with Crippen molar-refractivity contribution in [3.63, 3.8) is 0 Å². The number of amidine groups is 1. The molecule has 1 fully saturated rings. The highest BCUT2D eigenvalue weighted by atomic mass is 16.5. The summed E-state index contributed by atoms with van der Waals surface area (Å²) in [6.07, 6.45) is 2.70. The average Bonchev–Trinajstić information content (AvgIpc) is 2.76. The van der Waals surface area contributed by atoms with Crippen molar-refractivity contribution in [2.45, 2.75) is 6.42 Å². The van der Waals surface area contributed by atoms with E-state index in [1.54, 1.807) is 6.19 Å². The minimum Gasteiger partial charge on any atom is -0.463 e. The van der Waals surface area contributed by atoms with Gasteiger partial charge in [-0.3, -0.25) is 0 Å². The minimum absolute atomic E-state index is 0.457. The number of hydrogen-bond donors (Lipinski definition) is 0. The molecule has 0 aromatic heterocycles. The Labute approximate surface area is 94.8 Å². The molecule has 4 nitrogen and oxygen atoms in total. The molecule has 1 heterocycles. The molecule has 0 radical (unpaired) electrons. The first-order chi connectivity index (χ1) is 7.90. The molecule has 0 N–H and O–H groups in total. The SMILES string of the molecule is N#CN=C1OCCN1CCc1ccccc1. The van der Waals surface area contributed by atoms with Crippen molar-refractivity contribution in [1.82, 2.24) is 4.90 Å². The lowest BCUT2D eigenvalue weighted by atomic mass is 10.1. The molecule has 16 heavy (non-hydrogen) atoms. The Morgan fingerprint density at radius 1 is 1.38 bits per heavy atom. The number of hydrogen-bond acceptors (Lipinski definition) is 3. The lowest BCUT2D eigenvalue weighted by Crippen LogP contribution is -2.27. The Kier molecular flexibility index (Phi) is 3.39. The van der Waals surface area contributed by atoms with Gasteiger partial charge in [0.1, 0.15) is 6.61 Å². The molecule has 4 heteroatoms. The number of aliphatic imine (C=N–C) groups is 1. The highest BCUT2D eigenvalue weighted by Gasteiger charge is 2.19. The van der Waals surface area contributed by atoms with Crippen molar-refractivity contribution in [3.8, 4) is 6.19 Å². The predicted octanol–water partition coefficient (Wildman–Crippen LogP) is 1.40. The van der Waals surface area contributed by atoms with Gasteiger partial charge in [-0.15, -0.1) is 4.99 Å². The van der Waals surface area contributed by atoms with Gasteiger partial charge in [-0.25, -0.2) is 0 Å². The molecule has 0 saturated carbocycles. The summed E-state index contributed by atoms with van der Waals surface area (Å²) in [6, 6.07) is 10.7. The topological polar surface area (TPSA) is 48.6 Å². The standard InChI is InChI=1S/C12H13N3O/c13-10-14-12-15(8-9-16-12)7-6-11-4-2-1-3-5-11/h1-5H,6-9H2. The van der Waals surface area contributed by atoms with E-state index < -0.39 is 0 Å². The van der Waals surface area contributed by atoms with Crippen molar-refractivity contribution in [3.05, 3.63) is 35.9 Å². The van der Waals surface area contributed by atoms with Crippen molar-refractivity contribution >= 4 is 6.02 Å².